The van der Waals surface area contributed by atoms with E-state index < -0.39 is 11.6 Å². The number of thiophene rings is 1. The smallest absolute Gasteiger partial charge is 0.344 e. The lowest BCUT2D eigenvalue weighted by Gasteiger charge is -2.23. The summed E-state index contributed by atoms with van der Waals surface area (Å²) in [6.07, 6.45) is 1.49. The molecule has 124 valence electrons. The molecule has 1 atom stereocenters. The highest BCUT2D eigenvalue weighted by Gasteiger charge is 2.42. The number of hydrogen-bond acceptors (Lipinski definition) is 6. The van der Waals surface area contributed by atoms with Crippen LogP contribution in [0.1, 0.15) is 17.6 Å². The van der Waals surface area contributed by atoms with Crippen molar-refractivity contribution in [2.75, 3.05) is 6.61 Å². The van der Waals surface area contributed by atoms with Crippen LogP contribution in [0.3, 0.4) is 0 Å². The summed E-state index contributed by atoms with van der Waals surface area (Å²) in [6.45, 7) is 1.90. The first-order valence-corrected chi connectivity index (χ1v) is 8.45. The van der Waals surface area contributed by atoms with E-state index in [9.17, 15) is 9.90 Å². The molecule has 2 heterocycles. The van der Waals surface area contributed by atoms with Gasteiger partial charge in [-0.25, -0.2) is 9.78 Å². The predicted molar refractivity (Wildman–Crippen MR) is 90.5 cm³/mol. The Kier molecular flexibility index (Phi) is 4.78. The van der Waals surface area contributed by atoms with Crippen molar-refractivity contribution >= 4 is 17.3 Å². The van der Waals surface area contributed by atoms with Crippen LogP contribution in [0.4, 0.5) is 0 Å². The molecule has 0 radical (unpaired) electrons. The number of ether oxygens (including phenoxy) is 1. The van der Waals surface area contributed by atoms with E-state index in [-0.39, 0.29) is 13.0 Å². The van der Waals surface area contributed by atoms with Crippen LogP contribution < -0.4 is 0 Å². The number of nitrogens with zero attached hydrogens (tertiary/aromatic N) is 1. The maximum absolute atomic E-state index is 12.3. The summed E-state index contributed by atoms with van der Waals surface area (Å²) in [6, 6.07) is 12.9. The quantitative estimate of drug-likeness (QED) is 0.695. The van der Waals surface area contributed by atoms with E-state index in [1.54, 1.807) is 24.4 Å². The second-order valence-electron chi connectivity index (χ2n) is 5.23. The fourth-order valence-electron chi connectivity index (χ4n) is 2.38. The van der Waals surface area contributed by atoms with Crippen LogP contribution in [-0.2, 0) is 21.6 Å². The molecule has 0 saturated carbocycles. The molecule has 24 heavy (non-hydrogen) atoms. The van der Waals surface area contributed by atoms with Gasteiger partial charge in [0.15, 0.2) is 0 Å². The number of carbonyl (C=O) groups excluding carboxylic acids is 1. The van der Waals surface area contributed by atoms with E-state index in [2.05, 4.69) is 4.98 Å². The van der Waals surface area contributed by atoms with Gasteiger partial charge in [-0.3, -0.25) is 0 Å². The van der Waals surface area contributed by atoms with Crippen LogP contribution >= 0.6 is 11.3 Å². The van der Waals surface area contributed by atoms with Gasteiger partial charge >= 0.3 is 5.97 Å². The summed E-state index contributed by atoms with van der Waals surface area (Å²) < 4.78 is 10.8. The number of oxazole rings is 1. The lowest BCUT2D eigenvalue weighted by Crippen LogP contribution is -2.38. The third-order valence-electron chi connectivity index (χ3n) is 3.55. The van der Waals surface area contributed by atoms with Gasteiger partial charge in [-0.1, -0.05) is 24.3 Å². The number of carbonyl (C=O) groups is 1. The second kappa shape index (κ2) is 6.98. The van der Waals surface area contributed by atoms with Crippen LogP contribution in [0.5, 0.6) is 0 Å². The molecule has 0 saturated heterocycles. The van der Waals surface area contributed by atoms with Gasteiger partial charge in [0.1, 0.15) is 5.76 Å². The Hall–Kier alpha value is -2.44. The highest BCUT2D eigenvalue weighted by Crippen LogP contribution is 2.32. The first-order valence-electron chi connectivity index (χ1n) is 7.57. The maximum atomic E-state index is 12.3. The summed E-state index contributed by atoms with van der Waals surface area (Å²) in [7, 11) is 0. The molecule has 0 unspecified atom stereocenters. The SMILES string of the molecule is CCOC(=O)[C@](O)(Cc1cnc(-c2ccccc2)o1)c1cccs1. The molecule has 5 nitrogen and oxygen atoms in total. The zero-order valence-corrected chi connectivity index (χ0v) is 14.0. The molecule has 1 N–H and O–H groups in total. The molecule has 0 spiro atoms. The number of esters is 1. The molecule has 1 aromatic carbocycles. The highest BCUT2D eigenvalue weighted by molar-refractivity contribution is 7.10. The molecule has 0 amide bonds. The third kappa shape index (κ3) is 3.25. The van der Waals surface area contributed by atoms with Crippen molar-refractivity contribution < 1.29 is 19.1 Å². The average Bonchev–Trinajstić information content (AvgIpc) is 3.28. The molecule has 3 aromatic rings. The Labute approximate surface area is 143 Å². The van der Waals surface area contributed by atoms with Crippen molar-refractivity contribution in [1.29, 1.82) is 0 Å². The van der Waals surface area contributed by atoms with Crippen LogP contribution in [0.25, 0.3) is 11.5 Å². The van der Waals surface area contributed by atoms with E-state index in [0.717, 1.165) is 5.56 Å². The Morgan fingerprint density at radius 3 is 2.75 bits per heavy atom. The molecule has 3 rings (SSSR count). The zero-order valence-electron chi connectivity index (χ0n) is 13.1. The molecular formula is C18H17NO4S. The molecule has 6 heteroatoms. The van der Waals surface area contributed by atoms with Crippen molar-refractivity contribution in [3.05, 3.63) is 64.7 Å². The lowest BCUT2D eigenvalue weighted by molar-refractivity contribution is -0.166. The number of rotatable bonds is 6. The molecule has 0 aliphatic carbocycles. The van der Waals surface area contributed by atoms with Crippen molar-refractivity contribution in [3.8, 4) is 11.5 Å². The first-order chi connectivity index (χ1) is 11.6. The highest BCUT2D eigenvalue weighted by atomic mass is 32.1. The van der Waals surface area contributed by atoms with Gasteiger partial charge in [-0.05, 0) is 30.5 Å². The summed E-state index contributed by atoms with van der Waals surface area (Å²) >= 11 is 1.29. The monoisotopic (exact) mass is 343 g/mol. The molecule has 0 fully saturated rings. The topological polar surface area (TPSA) is 72.6 Å². The number of aliphatic hydroxyl groups is 1. The normalized spacial score (nSPS) is 13.4. The lowest BCUT2D eigenvalue weighted by atomic mass is 9.96. The van der Waals surface area contributed by atoms with Crippen LogP contribution in [0.2, 0.25) is 0 Å². The van der Waals surface area contributed by atoms with Gasteiger partial charge in [-0.2, -0.15) is 0 Å². The van der Waals surface area contributed by atoms with Crippen LogP contribution in [0, 0.1) is 0 Å². The summed E-state index contributed by atoms with van der Waals surface area (Å²) in [5, 5.41) is 12.8. The fourth-order valence-corrected chi connectivity index (χ4v) is 3.19. The fraction of sp³-hybridized carbons (Fsp3) is 0.222. The Balaban J connectivity index is 1.89. The third-order valence-corrected chi connectivity index (χ3v) is 4.57. The molecule has 0 aliphatic rings. The van der Waals surface area contributed by atoms with Gasteiger partial charge < -0.3 is 14.3 Å². The van der Waals surface area contributed by atoms with E-state index in [1.807, 2.05) is 30.3 Å². The minimum Gasteiger partial charge on any atom is -0.464 e. The van der Waals surface area contributed by atoms with Crippen molar-refractivity contribution in [1.82, 2.24) is 4.98 Å². The second-order valence-corrected chi connectivity index (χ2v) is 6.18. The Bertz CT molecular complexity index is 798. The van der Waals surface area contributed by atoms with Crippen molar-refractivity contribution in [2.45, 2.75) is 18.9 Å². The van der Waals surface area contributed by atoms with Gasteiger partial charge in [0.05, 0.1) is 19.2 Å². The Morgan fingerprint density at radius 1 is 1.29 bits per heavy atom. The van der Waals surface area contributed by atoms with E-state index in [4.69, 9.17) is 9.15 Å². The summed E-state index contributed by atoms with van der Waals surface area (Å²) in [5.74, 6) is 0.172. The van der Waals surface area contributed by atoms with Gasteiger partial charge in [0.2, 0.25) is 11.5 Å². The predicted octanol–water partition coefficient (Wildman–Crippen LogP) is 3.40. The number of hydrogen-bond donors (Lipinski definition) is 1. The van der Waals surface area contributed by atoms with Gasteiger partial charge in [0.25, 0.3) is 0 Å². The van der Waals surface area contributed by atoms with Gasteiger partial charge in [0, 0.05) is 10.4 Å². The molecule has 2 aromatic heterocycles. The first kappa shape index (κ1) is 16.4. The largest absolute Gasteiger partial charge is 0.464 e. The molecular weight excluding hydrogens is 326 g/mol. The molecule has 0 bridgehead atoms. The van der Waals surface area contributed by atoms with E-state index >= 15 is 0 Å². The molecule has 0 aliphatic heterocycles. The van der Waals surface area contributed by atoms with Gasteiger partial charge in [-0.15, -0.1) is 11.3 Å². The van der Waals surface area contributed by atoms with Crippen molar-refractivity contribution in [3.63, 3.8) is 0 Å². The summed E-state index contributed by atoms with van der Waals surface area (Å²) in [4.78, 5) is 17.1. The minimum absolute atomic E-state index is 0.0355. The van der Waals surface area contributed by atoms with Crippen LogP contribution in [-0.4, -0.2) is 22.7 Å². The maximum Gasteiger partial charge on any atom is 0.344 e. The van der Waals surface area contributed by atoms with E-state index in [0.29, 0.717) is 16.5 Å². The van der Waals surface area contributed by atoms with E-state index in [1.165, 1.54) is 17.5 Å². The zero-order chi connectivity index (χ0) is 17.0. The Morgan fingerprint density at radius 2 is 2.08 bits per heavy atom. The number of benzene rings is 1. The van der Waals surface area contributed by atoms with Crippen molar-refractivity contribution in [2.24, 2.45) is 0 Å². The standard InChI is InChI=1S/C18H17NO4S/c1-2-22-17(20)18(21,15-9-6-10-24-15)11-14-12-19-16(23-14)13-7-4-3-5-8-13/h3-10,12,21H,2,11H2,1H3/t18-/m0/s1. The minimum atomic E-state index is -1.78. The van der Waals surface area contributed by atoms with Crippen LogP contribution in [0.15, 0.2) is 58.5 Å². The number of aromatic nitrogens is 1. The average molecular weight is 343 g/mol. The summed E-state index contributed by atoms with van der Waals surface area (Å²) in [5.41, 5.74) is -0.947.